The van der Waals surface area contributed by atoms with Crippen molar-refractivity contribution in [2.75, 3.05) is 6.61 Å². The Balaban J connectivity index is 3.61. The summed E-state index contributed by atoms with van der Waals surface area (Å²) in [5.41, 5.74) is 0.331. The highest BCUT2D eigenvalue weighted by molar-refractivity contribution is 6.77. The van der Waals surface area contributed by atoms with Crippen molar-refractivity contribution in [3.05, 3.63) is 0 Å². The van der Waals surface area contributed by atoms with Crippen LogP contribution in [0.1, 0.15) is 13.8 Å². The van der Waals surface area contributed by atoms with Gasteiger partial charge in [0.2, 0.25) is 0 Å². The van der Waals surface area contributed by atoms with Crippen molar-refractivity contribution < 1.29 is 9.84 Å². The molecule has 0 saturated carbocycles. The second-order valence-electron chi connectivity index (χ2n) is 4.19. The first-order valence-electron chi connectivity index (χ1n) is 4.13. The molecule has 0 spiro atoms. The molecule has 2 atom stereocenters. The van der Waals surface area contributed by atoms with Crippen molar-refractivity contribution in [3.8, 4) is 0 Å². The van der Waals surface area contributed by atoms with Crippen LogP contribution in [0.2, 0.25) is 19.6 Å². The van der Waals surface area contributed by atoms with Gasteiger partial charge in [0.1, 0.15) is 0 Å². The van der Waals surface area contributed by atoms with Crippen LogP contribution >= 0.6 is 0 Å². The molecule has 2 nitrogen and oxygen atoms in total. The molecule has 0 aromatic rings. The van der Waals surface area contributed by atoms with E-state index in [9.17, 15) is 0 Å². The van der Waals surface area contributed by atoms with Crippen LogP contribution in [-0.4, -0.2) is 31.6 Å². The lowest BCUT2D eigenvalue weighted by atomic mass is 10.4. The fourth-order valence-electron chi connectivity index (χ4n) is 0.534. The number of rotatable bonds is 4. The lowest BCUT2D eigenvalue weighted by Crippen LogP contribution is -2.39. The van der Waals surface area contributed by atoms with Gasteiger partial charge >= 0.3 is 0 Å². The minimum Gasteiger partial charge on any atom is -0.391 e. The van der Waals surface area contributed by atoms with Crippen molar-refractivity contribution in [2.24, 2.45) is 0 Å². The molecule has 0 aliphatic rings. The second kappa shape index (κ2) is 4.23. The largest absolute Gasteiger partial charge is 0.391 e. The first-order valence-corrected chi connectivity index (χ1v) is 7.71. The van der Waals surface area contributed by atoms with E-state index >= 15 is 0 Å². The van der Waals surface area contributed by atoms with Gasteiger partial charge in [-0.15, -0.1) is 0 Å². The molecule has 0 aromatic heterocycles. The van der Waals surface area contributed by atoms with Crippen molar-refractivity contribution in [3.63, 3.8) is 0 Å². The van der Waals surface area contributed by atoms with Crippen LogP contribution in [0.5, 0.6) is 0 Å². The number of hydrogen-bond donors (Lipinski definition) is 1. The summed E-state index contributed by atoms with van der Waals surface area (Å²) in [6.45, 7) is 11.1. The predicted octanol–water partition coefficient (Wildman–Crippen LogP) is 1.65. The maximum atomic E-state index is 8.96. The van der Waals surface area contributed by atoms with Gasteiger partial charge in [0.25, 0.3) is 0 Å². The summed E-state index contributed by atoms with van der Waals surface area (Å²) in [6, 6.07) is 0. The molecule has 3 heteroatoms. The van der Waals surface area contributed by atoms with Gasteiger partial charge in [-0.3, -0.25) is 0 Å². The summed E-state index contributed by atoms with van der Waals surface area (Å²) in [5.74, 6) is 0. The minimum absolute atomic E-state index is 0.331. The van der Waals surface area contributed by atoms with E-state index in [2.05, 4.69) is 26.6 Å². The topological polar surface area (TPSA) is 29.5 Å². The smallest absolute Gasteiger partial charge is 0.0781 e. The van der Waals surface area contributed by atoms with E-state index in [1.165, 1.54) is 0 Å². The molecule has 68 valence electrons. The molecule has 0 aromatic carbocycles. The molecule has 0 aliphatic carbocycles. The van der Waals surface area contributed by atoms with E-state index in [0.29, 0.717) is 12.3 Å². The fraction of sp³-hybridized carbons (Fsp3) is 1.00. The lowest BCUT2D eigenvalue weighted by Gasteiger charge is -2.25. The van der Waals surface area contributed by atoms with Crippen molar-refractivity contribution >= 4 is 8.07 Å². The highest BCUT2D eigenvalue weighted by Crippen LogP contribution is 2.10. The first-order chi connectivity index (χ1) is 4.84. The van der Waals surface area contributed by atoms with Crippen LogP contribution < -0.4 is 0 Å². The molecule has 0 heterocycles. The summed E-state index contributed by atoms with van der Waals surface area (Å²) in [6.07, 6.45) is -0.339. The molecule has 0 saturated heterocycles. The van der Waals surface area contributed by atoms with Crippen molar-refractivity contribution in [2.45, 2.75) is 45.3 Å². The Hall–Kier alpha value is 0.137. The normalized spacial score (nSPS) is 18.0. The summed E-state index contributed by atoms with van der Waals surface area (Å²) >= 11 is 0. The molecule has 0 amide bonds. The summed E-state index contributed by atoms with van der Waals surface area (Å²) in [7, 11) is -1.16. The van der Waals surface area contributed by atoms with Crippen molar-refractivity contribution in [1.29, 1.82) is 0 Å². The molecule has 0 fully saturated rings. The van der Waals surface area contributed by atoms with Crippen LogP contribution in [0.25, 0.3) is 0 Å². The van der Waals surface area contributed by atoms with Gasteiger partial charge in [-0.1, -0.05) is 19.6 Å². The molecule has 1 N–H and O–H groups in total. The highest BCUT2D eigenvalue weighted by Gasteiger charge is 2.23. The quantitative estimate of drug-likeness (QED) is 0.660. The number of hydrogen-bond acceptors (Lipinski definition) is 2. The number of aliphatic hydroxyl groups is 1. The van der Waals surface area contributed by atoms with E-state index in [0.717, 1.165) is 0 Å². The van der Waals surface area contributed by atoms with Gasteiger partial charge in [0, 0.05) is 5.73 Å². The summed E-state index contributed by atoms with van der Waals surface area (Å²) < 4.78 is 5.48. The Bertz CT molecular complexity index is 107. The average Bonchev–Trinajstić information content (AvgIpc) is 1.80. The van der Waals surface area contributed by atoms with Gasteiger partial charge in [-0.2, -0.15) is 0 Å². The minimum atomic E-state index is -1.16. The van der Waals surface area contributed by atoms with Crippen LogP contribution in [0.15, 0.2) is 0 Å². The second-order valence-corrected chi connectivity index (χ2v) is 9.74. The Kier molecular flexibility index (Phi) is 4.29. The highest BCUT2D eigenvalue weighted by atomic mass is 28.3. The van der Waals surface area contributed by atoms with Crippen LogP contribution in [-0.2, 0) is 4.74 Å². The first kappa shape index (κ1) is 11.1. The number of ether oxygens (including phenoxy) is 1. The Morgan fingerprint density at radius 1 is 1.27 bits per heavy atom. The molecule has 11 heavy (non-hydrogen) atoms. The molecular formula is C8H20O2Si. The SMILES string of the molecule is CC(O)COC(C)[Si](C)(C)C. The lowest BCUT2D eigenvalue weighted by molar-refractivity contribution is 0.0329. The third kappa shape index (κ3) is 5.41. The zero-order valence-corrected chi connectivity index (χ0v) is 9.22. The van der Waals surface area contributed by atoms with E-state index in [1.54, 1.807) is 6.92 Å². The Labute approximate surface area is 70.6 Å². The van der Waals surface area contributed by atoms with E-state index in [1.807, 2.05) is 0 Å². The monoisotopic (exact) mass is 176 g/mol. The van der Waals surface area contributed by atoms with Crippen LogP contribution in [0, 0.1) is 0 Å². The fourth-order valence-corrected chi connectivity index (χ4v) is 1.13. The Morgan fingerprint density at radius 3 is 2.00 bits per heavy atom. The van der Waals surface area contributed by atoms with Gasteiger partial charge in [0.05, 0.1) is 20.8 Å². The maximum Gasteiger partial charge on any atom is 0.0781 e. The maximum absolute atomic E-state index is 8.96. The van der Waals surface area contributed by atoms with E-state index in [4.69, 9.17) is 9.84 Å². The van der Waals surface area contributed by atoms with Crippen molar-refractivity contribution in [1.82, 2.24) is 0 Å². The van der Waals surface area contributed by atoms with Gasteiger partial charge in [-0.25, -0.2) is 0 Å². The van der Waals surface area contributed by atoms with Gasteiger partial charge in [0.15, 0.2) is 0 Å². The molecule has 0 radical (unpaired) electrons. The molecule has 0 bridgehead atoms. The van der Waals surface area contributed by atoms with Crippen LogP contribution in [0.4, 0.5) is 0 Å². The zero-order valence-electron chi connectivity index (χ0n) is 8.22. The average molecular weight is 176 g/mol. The zero-order chi connectivity index (χ0) is 9.07. The van der Waals surface area contributed by atoms with Gasteiger partial charge < -0.3 is 9.84 Å². The van der Waals surface area contributed by atoms with E-state index < -0.39 is 8.07 Å². The summed E-state index contributed by atoms with van der Waals surface area (Å²) in [4.78, 5) is 0. The molecule has 0 aliphatic heterocycles. The van der Waals surface area contributed by atoms with Crippen LogP contribution in [0.3, 0.4) is 0 Å². The third-order valence-corrected chi connectivity index (χ3v) is 4.41. The number of aliphatic hydroxyl groups excluding tert-OH is 1. The molecule has 2 unspecified atom stereocenters. The molecular weight excluding hydrogens is 156 g/mol. The predicted molar refractivity (Wildman–Crippen MR) is 50.4 cm³/mol. The molecule has 0 rings (SSSR count). The van der Waals surface area contributed by atoms with Gasteiger partial charge in [-0.05, 0) is 13.8 Å². The Morgan fingerprint density at radius 2 is 1.73 bits per heavy atom. The third-order valence-electron chi connectivity index (χ3n) is 1.81. The summed E-state index contributed by atoms with van der Waals surface area (Å²) in [5, 5.41) is 8.96. The van der Waals surface area contributed by atoms with E-state index in [-0.39, 0.29) is 6.10 Å². The standard InChI is InChI=1S/C8H20O2Si/c1-7(9)6-10-8(2)11(3,4)5/h7-9H,6H2,1-5H3.